The molecule has 11 heteroatoms. The van der Waals surface area contributed by atoms with Crippen LogP contribution in [0.1, 0.15) is 36.8 Å². The molecule has 1 atom stereocenters. The fraction of sp³-hybridized carbons (Fsp3) is 0.286. The van der Waals surface area contributed by atoms with E-state index in [4.69, 9.17) is 14.2 Å². The molecular formula is C28H33N5O5S. The number of nitrogens with zero attached hydrogens (tertiary/aromatic N) is 4. The highest BCUT2D eigenvalue weighted by atomic mass is 32.2. The van der Waals surface area contributed by atoms with Crippen molar-refractivity contribution in [3.8, 4) is 17.1 Å². The number of hydrogen-bond donors (Lipinski definition) is 1. The molecule has 206 valence electrons. The third kappa shape index (κ3) is 7.79. The van der Waals surface area contributed by atoms with Gasteiger partial charge in [0.25, 0.3) is 15.9 Å². The molecule has 0 radical (unpaired) electrons. The molecule has 3 aromatic heterocycles. The summed E-state index contributed by atoms with van der Waals surface area (Å²) in [6.07, 6.45) is 6.15. The zero-order chi connectivity index (χ0) is 28.3. The zero-order valence-corrected chi connectivity index (χ0v) is 23.5. The Morgan fingerprint density at radius 3 is 2.21 bits per heavy atom. The molecule has 4 aromatic rings. The van der Waals surface area contributed by atoms with Crippen LogP contribution in [0.2, 0.25) is 0 Å². The maximum atomic E-state index is 13.3. The van der Waals surface area contributed by atoms with Crippen molar-refractivity contribution in [2.24, 2.45) is 0 Å². The lowest BCUT2D eigenvalue weighted by Crippen LogP contribution is -2.16. The number of pyridine rings is 2. The van der Waals surface area contributed by atoms with E-state index in [0.717, 1.165) is 24.3 Å². The van der Waals surface area contributed by atoms with Crippen LogP contribution in [0.4, 0.5) is 5.82 Å². The van der Waals surface area contributed by atoms with Crippen LogP contribution < -0.4 is 9.46 Å². The number of methoxy groups -OCH3 is 2. The minimum absolute atomic E-state index is 0.00217. The standard InChI is InChI=1S/C24H23N5O4S.C4H10O/c1-16-14-27-23(24(28-16)33-3)29-34(30,31)20-7-5-13-26-21(20)17-8-10-18(11-9-17)22(32-2)19-6-4-12-25-15-19;1-3-5-4-2/h4-15,22H,1-3H3,(H,27,29);3-4H2,1-2H3. The van der Waals surface area contributed by atoms with E-state index in [1.165, 1.54) is 19.4 Å². The van der Waals surface area contributed by atoms with Crippen molar-refractivity contribution in [3.63, 3.8) is 0 Å². The SMILES string of the molecule is CCOCC.COc1nc(C)cnc1NS(=O)(=O)c1cccnc1-c1ccc(C(OC)c2cccnc2)cc1. The Hall–Kier alpha value is -3.93. The average molecular weight is 552 g/mol. The van der Waals surface area contributed by atoms with Crippen LogP contribution in [0.25, 0.3) is 11.3 Å². The van der Waals surface area contributed by atoms with Crippen molar-refractivity contribution < 1.29 is 22.6 Å². The second kappa shape index (κ2) is 14.3. The lowest BCUT2D eigenvalue weighted by Gasteiger charge is -2.17. The molecule has 0 amide bonds. The minimum atomic E-state index is -4.04. The number of rotatable bonds is 10. The van der Waals surface area contributed by atoms with E-state index in [1.807, 2.05) is 50.2 Å². The largest absolute Gasteiger partial charge is 0.478 e. The molecule has 10 nitrogen and oxygen atoms in total. The van der Waals surface area contributed by atoms with E-state index in [-0.39, 0.29) is 22.7 Å². The molecule has 0 bridgehead atoms. The molecule has 0 aliphatic heterocycles. The predicted octanol–water partition coefficient (Wildman–Crippen LogP) is 4.83. The Balaban J connectivity index is 0.000000771. The van der Waals surface area contributed by atoms with E-state index < -0.39 is 10.0 Å². The molecular weight excluding hydrogens is 518 g/mol. The van der Waals surface area contributed by atoms with Crippen molar-refractivity contribution in [3.05, 3.63) is 90.1 Å². The van der Waals surface area contributed by atoms with Crippen LogP contribution in [0.3, 0.4) is 0 Å². The molecule has 1 unspecified atom stereocenters. The summed E-state index contributed by atoms with van der Waals surface area (Å²) < 4.78 is 44.6. The van der Waals surface area contributed by atoms with Gasteiger partial charge in [-0.3, -0.25) is 14.7 Å². The molecule has 0 fully saturated rings. The number of benzene rings is 1. The monoisotopic (exact) mass is 551 g/mol. The van der Waals surface area contributed by atoms with Gasteiger partial charge in [0.2, 0.25) is 5.82 Å². The molecule has 0 aliphatic carbocycles. The number of hydrogen-bond acceptors (Lipinski definition) is 9. The van der Waals surface area contributed by atoms with Crippen molar-refractivity contribution in [2.75, 3.05) is 32.2 Å². The number of ether oxygens (including phenoxy) is 3. The van der Waals surface area contributed by atoms with Gasteiger partial charge in [-0.15, -0.1) is 0 Å². The summed E-state index contributed by atoms with van der Waals surface area (Å²) in [7, 11) is -1.01. The maximum Gasteiger partial charge on any atom is 0.265 e. The van der Waals surface area contributed by atoms with Crippen molar-refractivity contribution >= 4 is 15.8 Å². The number of aryl methyl sites for hydroxylation is 1. The predicted molar refractivity (Wildman–Crippen MR) is 149 cm³/mol. The summed E-state index contributed by atoms with van der Waals surface area (Å²) in [6.45, 7) is 7.40. The van der Waals surface area contributed by atoms with Crippen molar-refractivity contribution in [2.45, 2.75) is 31.8 Å². The van der Waals surface area contributed by atoms with E-state index in [0.29, 0.717) is 17.0 Å². The number of sulfonamides is 1. The highest BCUT2D eigenvalue weighted by Crippen LogP contribution is 2.31. The van der Waals surface area contributed by atoms with Gasteiger partial charge in [0.1, 0.15) is 11.0 Å². The molecule has 1 N–H and O–H groups in total. The van der Waals surface area contributed by atoms with Crippen molar-refractivity contribution in [1.29, 1.82) is 0 Å². The molecule has 0 saturated heterocycles. The lowest BCUT2D eigenvalue weighted by molar-refractivity contribution is 0.136. The van der Waals surface area contributed by atoms with Crippen LogP contribution >= 0.6 is 0 Å². The Labute approximate surface area is 229 Å². The second-order valence-corrected chi connectivity index (χ2v) is 9.78. The third-order valence-corrected chi connectivity index (χ3v) is 6.83. The molecule has 0 aliphatic rings. The van der Waals surface area contributed by atoms with E-state index in [9.17, 15) is 8.42 Å². The van der Waals surface area contributed by atoms with Gasteiger partial charge in [-0.1, -0.05) is 30.3 Å². The van der Waals surface area contributed by atoms with Gasteiger partial charge in [0, 0.05) is 50.0 Å². The first-order valence-corrected chi connectivity index (χ1v) is 13.8. The van der Waals surface area contributed by atoms with Crippen LogP contribution in [0.5, 0.6) is 5.88 Å². The Kier molecular flexibility index (Phi) is 10.9. The summed E-state index contributed by atoms with van der Waals surface area (Å²) in [6, 6.07) is 14.2. The number of anilines is 1. The molecule has 3 heterocycles. The molecule has 39 heavy (non-hydrogen) atoms. The van der Waals surface area contributed by atoms with E-state index in [2.05, 4.69) is 24.7 Å². The van der Waals surface area contributed by atoms with Gasteiger partial charge in [0.05, 0.1) is 24.7 Å². The number of aromatic nitrogens is 4. The third-order valence-electron chi connectivity index (χ3n) is 5.46. The molecule has 0 spiro atoms. The Morgan fingerprint density at radius 1 is 0.897 bits per heavy atom. The minimum Gasteiger partial charge on any atom is -0.478 e. The normalized spacial score (nSPS) is 11.7. The van der Waals surface area contributed by atoms with Crippen molar-refractivity contribution in [1.82, 2.24) is 19.9 Å². The van der Waals surface area contributed by atoms with Crippen LogP contribution in [0, 0.1) is 6.92 Å². The van der Waals surface area contributed by atoms with Gasteiger partial charge in [-0.25, -0.2) is 18.4 Å². The zero-order valence-electron chi connectivity index (χ0n) is 22.7. The van der Waals surface area contributed by atoms with E-state index in [1.54, 1.807) is 38.7 Å². The van der Waals surface area contributed by atoms with Gasteiger partial charge in [-0.2, -0.15) is 0 Å². The highest BCUT2D eigenvalue weighted by Gasteiger charge is 2.23. The first kappa shape index (κ1) is 29.6. The number of nitrogens with one attached hydrogen (secondary N) is 1. The smallest absolute Gasteiger partial charge is 0.265 e. The molecule has 4 rings (SSSR count). The first-order valence-electron chi connectivity index (χ1n) is 12.3. The first-order chi connectivity index (χ1) is 18.8. The van der Waals surface area contributed by atoms with E-state index >= 15 is 0 Å². The summed E-state index contributed by atoms with van der Waals surface area (Å²) in [4.78, 5) is 16.8. The summed E-state index contributed by atoms with van der Waals surface area (Å²) in [5.74, 6) is 0.0806. The summed E-state index contributed by atoms with van der Waals surface area (Å²) in [5.41, 5.74) is 3.35. The lowest BCUT2D eigenvalue weighted by atomic mass is 10.0. The maximum absolute atomic E-state index is 13.3. The quantitative estimate of drug-likeness (QED) is 0.295. The topological polar surface area (TPSA) is 125 Å². The molecule has 0 saturated carbocycles. The van der Waals surface area contributed by atoms with Gasteiger partial charge in [-0.05, 0) is 44.5 Å². The fourth-order valence-corrected chi connectivity index (χ4v) is 4.88. The Bertz CT molecular complexity index is 1430. The Morgan fingerprint density at radius 2 is 1.62 bits per heavy atom. The summed E-state index contributed by atoms with van der Waals surface area (Å²) in [5, 5.41) is 0. The van der Waals surface area contributed by atoms with Gasteiger partial charge in [0.15, 0.2) is 0 Å². The second-order valence-electron chi connectivity index (χ2n) is 8.13. The van der Waals surface area contributed by atoms with Crippen LogP contribution in [-0.2, 0) is 19.5 Å². The molecule has 1 aromatic carbocycles. The average Bonchev–Trinajstić information content (AvgIpc) is 2.96. The summed E-state index contributed by atoms with van der Waals surface area (Å²) >= 11 is 0. The highest BCUT2D eigenvalue weighted by molar-refractivity contribution is 7.92. The van der Waals surface area contributed by atoms with Crippen LogP contribution in [-0.4, -0.2) is 55.8 Å². The van der Waals surface area contributed by atoms with Gasteiger partial charge >= 0.3 is 0 Å². The van der Waals surface area contributed by atoms with Crippen LogP contribution in [0.15, 0.2) is 78.2 Å². The van der Waals surface area contributed by atoms with Gasteiger partial charge < -0.3 is 14.2 Å². The fourth-order valence-electron chi connectivity index (χ4n) is 3.69.